The minimum Gasteiger partial charge on any atom is -0.396 e. The van der Waals surface area contributed by atoms with Crippen LogP contribution in [0.5, 0.6) is 0 Å². The van der Waals surface area contributed by atoms with E-state index < -0.39 is 17.5 Å². The van der Waals surface area contributed by atoms with Crippen LogP contribution in [-0.2, 0) is 0 Å². The van der Waals surface area contributed by atoms with Gasteiger partial charge in [-0.3, -0.25) is 4.79 Å². The largest absolute Gasteiger partial charge is 0.396 e. The minimum absolute atomic E-state index is 0.237. The van der Waals surface area contributed by atoms with Gasteiger partial charge in [0.2, 0.25) is 0 Å². The maximum atomic E-state index is 13.8. The highest BCUT2D eigenvalue weighted by Crippen LogP contribution is 2.23. The topological polar surface area (TPSA) is 46.3 Å². The number of nitrogens with zero attached hydrogens (tertiary/aromatic N) is 1. The molecule has 0 fully saturated rings. The Hall–Kier alpha value is -2.43. The van der Waals surface area contributed by atoms with E-state index in [4.69, 9.17) is 5.73 Å². The maximum absolute atomic E-state index is 13.8. The summed E-state index contributed by atoms with van der Waals surface area (Å²) in [7, 11) is 1.57. The summed E-state index contributed by atoms with van der Waals surface area (Å²) < 4.78 is 26.9. The van der Waals surface area contributed by atoms with E-state index in [1.165, 1.54) is 4.90 Å². The van der Waals surface area contributed by atoms with E-state index in [2.05, 4.69) is 0 Å². The van der Waals surface area contributed by atoms with Crippen molar-refractivity contribution in [1.29, 1.82) is 0 Å². The average molecular weight is 290 g/mol. The van der Waals surface area contributed by atoms with Crippen LogP contribution in [0.1, 0.15) is 28.9 Å². The third-order valence-electron chi connectivity index (χ3n) is 3.50. The lowest BCUT2D eigenvalue weighted by Crippen LogP contribution is -2.30. The number of nitrogen functional groups attached to an aromatic ring is 1. The molecule has 2 aromatic carbocycles. The van der Waals surface area contributed by atoms with E-state index in [0.29, 0.717) is 6.07 Å². The number of hydrogen-bond acceptors (Lipinski definition) is 2. The average Bonchev–Trinajstić information content (AvgIpc) is 2.49. The fourth-order valence-corrected chi connectivity index (χ4v) is 2.05. The Bertz CT molecular complexity index is 659. The molecule has 0 aliphatic carbocycles. The van der Waals surface area contributed by atoms with Gasteiger partial charge in [0.15, 0.2) is 0 Å². The summed E-state index contributed by atoms with van der Waals surface area (Å²) >= 11 is 0. The van der Waals surface area contributed by atoms with E-state index in [1.807, 2.05) is 37.3 Å². The van der Waals surface area contributed by atoms with Crippen LogP contribution in [-0.4, -0.2) is 17.9 Å². The Morgan fingerprint density at radius 1 is 1.14 bits per heavy atom. The summed E-state index contributed by atoms with van der Waals surface area (Å²) in [6.45, 7) is 1.83. The third-order valence-corrected chi connectivity index (χ3v) is 3.50. The van der Waals surface area contributed by atoms with Crippen LogP contribution in [0, 0.1) is 11.6 Å². The van der Waals surface area contributed by atoms with Gasteiger partial charge in [0, 0.05) is 13.1 Å². The zero-order valence-electron chi connectivity index (χ0n) is 11.8. The molecule has 1 atom stereocenters. The summed E-state index contributed by atoms with van der Waals surface area (Å²) in [4.78, 5) is 13.7. The van der Waals surface area contributed by atoms with E-state index in [-0.39, 0.29) is 17.3 Å². The zero-order valence-corrected chi connectivity index (χ0v) is 11.8. The first-order valence-electron chi connectivity index (χ1n) is 6.48. The van der Waals surface area contributed by atoms with Gasteiger partial charge in [-0.1, -0.05) is 30.3 Å². The minimum atomic E-state index is -0.918. The first-order valence-corrected chi connectivity index (χ1v) is 6.48. The van der Waals surface area contributed by atoms with Gasteiger partial charge in [-0.15, -0.1) is 0 Å². The van der Waals surface area contributed by atoms with Crippen LogP contribution in [0.3, 0.4) is 0 Å². The van der Waals surface area contributed by atoms with Gasteiger partial charge in [0.25, 0.3) is 5.91 Å². The number of rotatable bonds is 3. The molecule has 110 valence electrons. The number of nitrogens with two attached hydrogens (primary N) is 1. The van der Waals surface area contributed by atoms with Crippen LogP contribution in [0.25, 0.3) is 0 Å². The highest BCUT2D eigenvalue weighted by atomic mass is 19.1. The van der Waals surface area contributed by atoms with E-state index >= 15 is 0 Å². The van der Waals surface area contributed by atoms with Gasteiger partial charge in [0.1, 0.15) is 11.6 Å². The summed E-state index contributed by atoms with van der Waals surface area (Å²) in [6.07, 6.45) is 0. The summed E-state index contributed by atoms with van der Waals surface area (Å²) in [5.41, 5.74) is 5.84. The molecule has 5 heteroatoms. The molecule has 1 amide bonds. The lowest BCUT2D eigenvalue weighted by molar-refractivity contribution is 0.0738. The summed E-state index contributed by atoms with van der Waals surface area (Å²) in [6, 6.07) is 10.8. The molecule has 2 aromatic rings. The van der Waals surface area contributed by atoms with Crippen molar-refractivity contribution >= 4 is 11.6 Å². The number of anilines is 1. The van der Waals surface area contributed by atoms with Crippen molar-refractivity contribution in [3.05, 3.63) is 65.2 Å². The van der Waals surface area contributed by atoms with Crippen molar-refractivity contribution in [2.75, 3.05) is 12.8 Å². The van der Waals surface area contributed by atoms with Crippen molar-refractivity contribution in [3.8, 4) is 0 Å². The lowest BCUT2D eigenvalue weighted by Gasteiger charge is -2.25. The van der Waals surface area contributed by atoms with Crippen molar-refractivity contribution < 1.29 is 13.6 Å². The fourth-order valence-electron chi connectivity index (χ4n) is 2.05. The normalized spacial score (nSPS) is 12.0. The second-order valence-corrected chi connectivity index (χ2v) is 4.86. The number of carbonyl (C=O) groups is 1. The third kappa shape index (κ3) is 3.02. The summed E-state index contributed by atoms with van der Waals surface area (Å²) in [5, 5.41) is 0. The highest BCUT2D eigenvalue weighted by Gasteiger charge is 2.22. The molecule has 0 radical (unpaired) electrons. The monoisotopic (exact) mass is 290 g/mol. The molecule has 21 heavy (non-hydrogen) atoms. The quantitative estimate of drug-likeness (QED) is 0.881. The van der Waals surface area contributed by atoms with Crippen LogP contribution >= 0.6 is 0 Å². The van der Waals surface area contributed by atoms with Gasteiger partial charge >= 0.3 is 0 Å². The Kier molecular flexibility index (Phi) is 4.21. The van der Waals surface area contributed by atoms with E-state index in [9.17, 15) is 13.6 Å². The van der Waals surface area contributed by atoms with Crippen LogP contribution < -0.4 is 5.73 Å². The molecular formula is C16H16F2N2O. The highest BCUT2D eigenvalue weighted by molar-refractivity contribution is 5.95. The van der Waals surface area contributed by atoms with Gasteiger partial charge in [-0.25, -0.2) is 8.78 Å². The van der Waals surface area contributed by atoms with Gasteiger partial charge in [-0.05, 0) is 18.6 Å². The second-order valence-electron chi connectivity index (χ2n) is 4.86. The van der Waals surface area contributed by atoms with Crippen molar-refractivity contribution in [2.45, 2.75) is 13.0 Å². The Balaban J connectivity index is 2.30. The Morgan fingerprint density at radius 3 is 2.38 bits per heavy atom. The first kappa shape index (κ1) is 15.0. The predicted molar refractivity (Wildman–Crippen MR) is 77.7 cm³/mol. The summed E-state index contributed by atoms with van der Waals surface area (Å²) in [5.74, 6) is -2.34. The van der Waals surface area contributed by atoms with Gasteiger partial charge < -0.3 is 10.6 Å². The van der Waals surface area contributed by atoms with Crippen LogP contribution in [0.4, 0.5) is 14.5 Å². The SMILES string of the molecule is CC(c1ccccc1)N(C)C(=O)c1cc(N)c(F)cc1F. The van der Waals surface area contributed by atoms with Crippen molar-refractivity contribution in [1.82, 2.24) is 4.90 Å². The molecule has 0 aliphatic heterocycles. The molecule has 0 heterocycles. The molecule has 3 nitrogen and oxygen atoms in total. The number of hydrogen-bond donors (Lipinski definition) is 1. The van der Waals surface area contributed by atoms with Crippen LogP contribution in [0.15, 0.2) is 42.5 Å². The molecular weight excluding hydrogens is 274 g/mol. The molecule has 1 unspecified atom stereocenters. The number of halogens is 2. The van der Waals surface area contributed by atoms with Crippen LogP contribution in [0.2, 0.25) is 0 Å². The molecule has 2 N–H and O–H groups in total. The lowest BCUT2D eigenvalue weighted by atomic mass is 10.1. The fraction of sp³-hybridized carbons (Fsp3) is 0.188. The maximum Gasteiger partial charge on any atom is 0.257 e. The molecule has 0 aromatic heterocycles. The first-order chi connectivity index (χ1) is 9.91. The molecule has 0 bridgehead atoms. The molecule has 0 aliphatic rings. The Morgan fingerprint density at radius 2 is 1.76 bits per heavy atom. The predicted octanol–water partition coefficient (Wildman–Crippen LogP) is 3.38. The second kappa shape index (κ2) is 5.91. The van der Waals surface area contributed by atoms with Gasteiger partial charge in [0.05, 0.1) is 17.3 Å². The molecule has 0 spiro atoms. The zero-order chi connectivity index (χ0) is 15.6. The Labute approximate surface area is 122 Å². The standard InChI is InChI=1S/C16H16F2N2O/c1-10(11-6-4-3-5-7-11)20(2)16(21)12-8-15(19)14(18)9-13(12)17/h3-10H,19H2,1-2H3. The smallest absolute Gasteiger partial charge is 0.257 e. The number of amides is 1. The molecule has 2 rings (SSSR count). The number of benzene rings is 2. The molecule has 0 saturated heterocycles. The van der Waals surface area contributed by atoms with Gasteiger partial charge in [-0.2, -0.15) is 0 Å². The van der Waals surface area contributed by atoms with E-state index in [0.717, 1.165) is 11.6 Å². The van der Waals surface area contributed by atoms with Crippen molar-refractivity contribution in [2.24, 2.45) is 0 Å². The molecule has 0 saturated carbocycles. The number of carbonyl (C=O) groups excluding carboxylic acids is 1. The van der Waals surface area contributed by atoms with Crippen molar-refractivity contribution in [3.63, 3.8) is 0 Å². The van der Waals surface area contributed by atoms with E-state index in [1.54, 1.807) is 7.05 Å².